The summed E-state index contributed by atoms with van der Waals surface area (Å²) in [4.78, 5) is 2.61. The van der Waals surface area contributed by atoms with Gasteiger partial charge in [-0.15, -0.1) is 0 Å². The molecule has 0 radical (unpaired) electrons. The highest BCUT2D eigenvalue weighted by atomic mass is 16.3. The molecule has 1 saturated heterocycles. The fourth-order valence-corrected chi connectivity index (χ4v) is 5.19. The summed E-state index contributed by atoms with van der Waals surface area (Å²) < 4.78 is 0. The van der Waals surface area contributed by atoms with Crippen molar-refractivity contribution in [1.29, 1.82) is 0 Å². The number of benzene rings is 1. The highest BCUT2D eigenvalue weighted by Crippen LogP contribution is 2.44. The van der Waals surface area contributed by atoms with E-state index >= 15 is 0 Å². The first-order chi connectivity index (χ1) is 11.8. The molecule has 0 unspecified atom stereocenters. The molecule has 2 fully saturated rings. The van der Waals surface area contributed by atoms with Gasteiger partial charge in [0.1, 0.15) is 0 Å². The lowest BCUT2D eigenvalue weighted by atomic mass is 9.69. The maximum atomic E-state index is 10.1. The van der Waals surface area contributed by atoms with Crippen molar-refractivity contribution in [2.75, 3.05) is 19.8 Å². The molecule has 2 aliphatic rings. The van der Waals surface area contributed by atoms with E-state index in [4.69, 9.17) is 5.11 Å². The van der Waals surface area contributed by atoms with Gasteiger partial charge in [0.25, 0.3) is 0 Å². The first-order valence-electron chi connectivity index (χ1n) is 9.87. The number of unbranched alkanes of at least 4 members (excludes halogenated alkanes) is 1. The van der Waals surface area contributed by atoms with E-state index in [1.165, 1.54) is 44.1 Å². The first-order valence-corrected chi connectivity index (χ1v) is 9.87. The van der Waals surface area contributed by atoms with E-state index in [1.807, 2.05) is 0 Å². The smallest absolute Gasteiger partial charge is 0.0628 e. The lowest BCUT2D eigenvalue weighted by Crippen LogP contribution is -2.51. The van der Waals surface area contributed by atoms with Crippen LogP contribution in [0.15, 0.2) is 30.3 Å². The van der Waals surface area contributed by atoms with Gasteiger partial charge in [-0.1, -0.05) is 56.0 Å². The van der Waals surface area contributed by atoms with Crippen molar-refractivity contribution in [3.8, 4) is 0 Å². The number of nitrogens with zero attached hydrogens (tertiary/aromatic N) is 1. The number of fused-ring (bicyclic) bond motifs is 1. The number of piperidine rings is 1. The predicted octanol–water partition coefficient (Wildman–Crippen LogP) is 3.76. The van der Waals surface area contributed by atoms with Crippen LogP contribution in [-0.2, 0) is 0 Å². The molecule has 134 valence electrons. The van der Waals surface area contributed by atoms with Crippen molar-refractivity contribution < 1.29 is 10.2 Å². The first kappa shape index (κ1) is 17.9. The SMILES string of the molecule is OCCCC[C@@H]1CCC[C@@H]2[C@H]1CCCN2[C@@H](CO)c1ccccc1. The Morgan fingerprint density at radius 1 is 1.00 bits per heavy atom. The number of rotatable bonds is 7. The number of aliphatic hydroxyl groups is 2. The fraction of sp³-hybridized carbons (Fsp3) is 0.714. The van der Waals surface area contributed by atoms with Gasteiger partial charge in [-0.25, -0.2) is 0 Å². The maximum Gasteiger partial charge on any atom is 0.0628 e. The summed E-state index contributed by atoms with van der Waals surface area (Å²) in [6, 6.07) is 11.3. The fourth-order valence-electron chi connectivity index (χ4n) is 5.19. The van der Waals surface area contributed by atoms with Crippen LogP contribution in [0.1, 0.15) is 63.0 Å². The molecule has 1 aliphatic carbocycles. The minimum Gasteiger partial charge on any atom is -0.396 e. The number of aliphatic hydroxyl groups excluding tert-OH is 2. The second kappa shape index (κ2) is 8.98. The van der Waals surface area contributed by atoms with Crippen molar-refractivity contribution in [2.45, 2.75) is 63.5 Å². The monoisotopic (exact) mass is 331 g/mol. The van der Waals surface area contributed by atoms with Crippen molar-refractivity contribution >= 4 is 0 Å². The summed E-state index contributed by atoms with van der Waals surface area (Å²) in [5.74, 6) is 1.59. The molecular weight excluding hydrogens is 298 g/mol. The average molecular weight is 332 g/mol. The highest BCUT2D eigenvalue weighted by Gasteiger charge is 2.41. The van der Waals surface area contributed by atoms with Crippen LogP contribution in [0.2, 0.25) is 0 Å². The second-order valence-electron chi connectivity index (χ2n) is 7.63. The summed E-state index contributed by atoms with van der Waals surface area (Å²) in [5, 5.41) is 19.2. The lowest BCUT2D eigenvalue weighted by Gasteiger charge is -2.50. The largest absolute Gasteiger partial charge is 0.396 e. The number of likely N-dealkylation sites (tertiary alicyclic amines) is 1. The zero-order valence-corrected chi connectivity index (χ0v) is 14.8. The molecule has 3 heteroatoms. The van der Waals surface area contributed by atoms with Gasteiger partial charge in [-0.3, -0.25) is 4.90 Å². The lowest BCUT2D eigenvalue weighted by molar-refractivity contribution is -0.0209. The molecule has 0 spiro atoms. The van der Waals surface area contributed by atoms with Crippen LogP contribution in [0.4, 0.5) is 0 Å². The van der Waals surface area contributed by atoms with Gasteiger partial charge in [0.2, 0.25) is 0 Å². The Morgan fingerprint density at radius 3 is 2.58 bits per heavy atom. The Bertz CT molecular complexity index is 478. The van der Waals surface area contributed by atoms with Gasteiger partial charge >= 0.3 is 0 Å². The van der Waals surface area contributed by atoms with Crippen LogP contribution >= 0.6 is 0 Å². The van der Waals surface area contributed by atoms with E-state index in [0.29, 0.717) is 12.6 Å². The molecule has 2 N–H and O–H groups in total. The Hall–Kier alpha value is -0.900. The normalized spacial score (nSPS) is 29.2. The summed E-state index contributed by atoms with van der Waals surface area (Å²) in [7, 11) is 0. The van der Waals surface area contributed by atoms with Crippen molar-refractivity contribution in [2.24, 2.45) is 11.8 Å². The van der Waals surface area contributed by atoms with Gasteiger partial charge in [-0.2, -0.15) is 0 Å². The van der Waals surface area contributed by atoms with Gasteiger partial charge in [-0.05, 0) is 49.6 Å². The number of hydrogen-bond donors (Lipinski definition) is 2. The van der Waals surface area contributed by atoms with E-state index in [1.54, 1.807) is 0 Å². The molecule has 1 aromatic rings. The van der Waals surface area contributed by atoms with Gasteiger partial charge in [0.15, 0.2) is 0 Å². The molecule has 1 aromatic carbocycles. The molecule has 0 amide bonds. The van der Waals surface area contributed by atoms with Crippen molar-refractivity contribution in [3.05, 3.63) is 35.9 Å². The predicted molar refractivity (Wildman–Crippen MR) is 97.8 cm³/mol. The van der Waals surface area contributed by atoms with Crippen molar-refractivity contribution in [1.82, 2.24) is 4.90 Å². The standard InChI is InChI=1S/C21H33NO2/c23-15-5-4-8-17-11-6-13-20-19(17)12-7-14-22(20)21(16-24)18-9-2-1-3-10-18/h1-3,9-10,17,19-21,23-24H,4-8,11-16H2/t17-,19+,20-,21+/m1/s1. The van der Waals surface area contributed by atoms with Crippen LogP contribution in [0, 0.1) is 11.8 Å². The molecule has 3 rings (SSSR count). The molecule has 1 aliphatic heterocycles. The van der Waals surface area contributed by atoms with E-state index < -0.39 is 0 Å². The minimum absolute atomic E-state index is 0.148. The molecule has 3 nitrogen and oxygen atoms in total. The zero-order valence-electron chi connectivity index (χ0n) is 14.8. The van der Waals surface area contributed by atoms with E-state index in [0.717, 1.165) is 31.2 Å². The molecule has 1 heterocycles. The van der Waals surface area contributed by atoms with Gasteiger partial charge in [0, 0.05) is 12.6 Å². The second-order valence-corrected chi connectivity index (χ2v) is 7.63. The van der Waals surface area contributed by atoms with Crippen LogP contribution in [0.3, 0.4) is 0 Å². The van der Waals surface area contributed by atoms with E-state index in [9.17, 15) is 5.11 Å². The van der Waals surface area contributed by atoms with Crippen LogP contribution in [0.25, 0.3) is 0 Å². The van der Waals surface area contributed by atoms with Gasteiger partial charge in [0.05, 0.1) is 12.6 Å². The molecule has 4 atom stereocenters. The van der Waals surface area contributed by atoms with E-state index in [2.05, 4.69) is 35.2 Å². The summed E-state index contributed by atoms with van der Waals surface area (Å²) in [6.07, 6.45) is 9.92. The Kier molecular flexibility index (Phi) is 6.70. The third-order valence-electron chi connectivity index (χ3n) is 6.29. The third-order valence-corrected chi connectivity index (χ3v) is 6.29. The average Bonchev–Trinajstić information content (AvgIpc) is 2.64. The maximum absolute atomic E-state index is 10.1. The molecule has 1 saturated carbocycles. The summed E-state index contributed by atoms with van der Waals surface area (Å²) >= 11 is 0. The number of hydrogen-bond acceptors (Lipinski definition) is 3. The highest BCUT2D eigenvalue weighted by molar-refractivity contribution is 5.20. The third kappa shape index (κ3) is 4.01. The molecule has 0 bridgehead atoms. The topological polar surface area (TPSA) is 43.7 Å². The molecule has 24 heavy (non-hydrogen) atoms. The summed E-state index contributed by atoms with van der Waals surface area (Å²) in [5.41, 5.74) is 1.25. The Labute approximate surface area is 146 Å². The minimum atomic E-state index is 0.148. The molecular formula is C21H33NO2. The van der Waals surface area contributed by atoms with Gasteiger partial charge < -0.3 is 10.2 Å². The zero-order chi connectivity index (χ0) is 16.8. The van der Waals surface area contributed by atoms with Crippen LogP contribution in [0.5, 0.6) is 0 Å². The van der Waals surface area contributed by atoms with Crippen LogP contribution in [-0.4, -0.2) is 40.9 Å². The summed E-state index contributed by atoms with van der Waals surface area (Å²) in [6.45, 7) is 1.65. The quantitative estimate of drug-likeness (QED) is 0.748. The molecule has 0 aromatic heterocycles. The Morgan fingerprint density at radius 2 is 1.83 bits per heavy atom. The van der Waals surface area contributed by atoms with E-state index in [-0.39, 0.29) is 12.6 Å². The Balaban J connectivity index is 1.72. The van der Waals surface area contributed by atoms with Crippen LogP contribution < -0.4 is 0 Å². The van der Waals surface area contributed by atoms with Crippen molar-refractivity contribution in [3.63, 3.8) is 0 Å².